The van der Waals surface area contributed by atoms with Gasteiger partial charge in [0.05, 0.1) is 30.6 Å². The van der Waals surface area contributed by atoms with E-state index in [1.165, 1.54) is 12.4 Å². The zero-order chi connectivity index (χ0) is 16.2. The van der Waals surface area contributed by atoms with E-state index in [2.05, 4.69) is 25.6 Å². The standard InChI is InChI=1S/C14H19ClN6O2/c1-17-5-8(4-16)19-14-18-6-9(15)13(21-14)20-10-7-23-11-2-3-22-12(10)11/h4-6,10-12H,2-3,7,16H2,1H3,(H2,18,19,20,21). The van der Waals surface area contributed by atoms with Gasteiger partial charge in [-0.1, -0.05) is 11.6 Å². The molecule has 3 rings (SSSR count). The fourth-order valence-electron chi connectivity index (χ4n) is 2.68. The van der Waals surface area contributed by atoms with E-state index < -0.39 is 0 Å². The summed E-state index contributed by atoms with van der Waals surface area (Å²) in [5.74, 6) is 0.898. The Morgan fingerprint density at radius 2 is 2.39 bits per heavy atom. The van der Waals surface area contributed by atoms with E-state index in [1.54, 1.807) is 13.3 Å². The van der Waals surface area contributed by atoms with Crippen molar-refractivity contribution >= 4 is 29.6 Å². The van der Waals surface area contributed by atoms with Crippen LogP contribution in [0, 0.1) is 0 Å². The average molecular weight is 339 g/mol. The van der Waals surface area contributed by atoms with Gasteiger partial charge in [0.15, 0.2) is 5.82 Å². The molecule has 3 atom stereocenters. The van der Waals surface area contributed by atoms with Gasteiger partial charge in [-0.25, -0.2) is 4.98 Å². The number of nitrogens with zero attached hydrogens (tertiary/aromatic N) is 3. The van der Waals surface area contributed by atoms with E-state index in [9.17, 15) is 0 Å². The van der Waals surface area contributed by atoms with Crippen molar-refractivity contribution < 1.29 is 9.47 Å². The Balaban J connectivity index is 1.73. The van der Waals surface area contributed by atoms with Crippen molar-refractivity contribution in [2.45, 2.75) is 24.7 Å². The van der Waals surface area contributed by atoms with Crippen molar-refractivity contribution in [2.24, 2.45) is 10.7 Å². The van der Waals surface area contributed by atoms with Gasteiger partial charge in [-0.15, -0.1) is 0 Å². The smallest absolute Gasteiger partial charge is 0.229 e. The average Bonchev–Trinajstić information content (AvgIpc) is 3.15. The molecule has 0 bridgehead atoms. The Morgan fingerprint density at radius 1 is 1.52 bits per heavy atom. The first-order chi connectivity index (χ1) is 11.2. The van der Waals surface area contributed by atoms with Crippen molar-refractivity contribution in [3.8, 4) is 0 Å². The van der Waals surface area contributed by atoms with Crippen LogP contribution in [0.25, 0.3) is 0 Å². The predicted octanol–water partition coefficient (Wildman–Crippen LogP) is 1.01. The number of halogens is 1. The fraction of sp³-hybridized carbons (Fsp3) is 0.500. The molecule has 3 heterocycles. The summed E-state index contributed by atoms with van der Waals surface area (Å²) in [5.41, 5.74) is 6.11. The molecule has 3 unspecified atom stereocenters. The number of nitrogens with two attached hydrogens (primary N) is 1. The van der Waals surface area contributed by atoms with E-state index in [4.69, 9.17) is 26.8 Å². The summed E-state index contributed by atoms with van der Waals surface area (Å²) >= 11 is 6.19. The fourth-order valence-corrected chi connectivity index (χ4v) is 2.83. The highest BCUT2D eigenvalue weighted by atomic mass is 35.5. The molecule has 0 radical (unpaired) electrons. The van der Waals surface area contributed by atoms with Crippen LogP contribution in [0.2, 0.25) is 5.02 Å². The highest BCUT2D eigenvalue weighted by Gasteiger charge is 2.42. The zero-order valence-corrected chi connectivity index (χ0v) is 13.5. The number of anilines is 2. The minimum Gasteiger partial charge on any atom is -0.403 e. The van der Waals surface area contributed by atoms with Crippen molar-refractivity contribution in [1.29, 1.82) is 0 Å². The number of fused-ring (bicyclic) bond motifs is 1. The molecule has 2 aliphatic heterocycles. The van der Waals surface area contributed by atoms with Gasteiger partial charge < -0.3 is 25.8 Å². The highest BCUT2D eigenvalue weighted by Crippen LogP contribution is 2.30. The van der Waals surface area contributed by atoms with E-state index in [1.807, 2.05) is 0 Å². The number of allylic oxidation sites excluding steroid dienone is 1. The van der Waals surface area contributed by atoms with Gasteiger partial charge in [0.25, 0.3) is 0 Å². The molecule has 8 nitrogen and oxygen atoms in total. The lowest BCUT2D eigenvalue weighted by molar-refractivity contribution is 0.0718. The van der Waals surface area contributed by atoms with Crippen LogP contribution in [0.4, 0.5) is 11.8 Å². The number of aliphatic imine (C=N–C) groups is 1. The molecule has 0 saturated carbocycles. The summed E-state index contributed by atoms with van der Waals surface area (Å²) in [7, 11) is 1.65. The van der Waals surface area contributed by atoms with Gasteiger partial charge >= 0.3 is 0 Å². The summed E-state index contributed by atoms with van der Waals surface area (Å²) in [4.78, 5) is 12.4. The minimum absolute atomic E-state index is 0.0180. The molecule has 2 saturated heterocycles. The van der Waals surface area contributed by atoms with E-state index in [0.717, 1.165) is 13.0 Å². The molecule has 124 valence electrons. The summed E-state index contributed by atoms with van der Waals surface area (Å²) in [5, 5.41) is 6.69. The molecule has 23 heavy (non-hydrogen) atoms. The molecule has 0 aliphatic carbocycles. The Kier molecular flexibility index (Phi) is 4.94. The molecular weight excluding hydrogens is 320 g/mol. The van der Waals surface area contributed by atoms with Gasteiger partial charge in [0.1, 0.15) is 11.1 Å². The molecule has 1 aromatic rings. The van der Waals surface area contributed by atoms with Crippen LogP contribution in [-0.2, 0) is 9.47 Å². The lowest BCUT2D eigenvalue weighted by atomic mass is 10.1. The SMILES string of the molecule is CN=CC(=CN)Nc1ncc(Cl)c(NC2COC3CCOC23)n1. The van der Waals surface area contributed by atoms with Crippen LogP contribution >= 0.6 is 11.6 Å². The second kappa shape index (κ2) is 7.12. The lowest BCUT2D eigenvalue weighted by Crippen LogP contribution is -2.34. The largest absolute Gasteiger partial charge is 0.403 e. The predicted molar refractivity (Wildman–Crippen MR) is 88.9 cm³/mol. The number of ether oxygens (including phenoxy) is 2. The van der Waals surface area contributed by atoms with Gasteiger partial charge in [-0.05, 0) is 6.42 Å². The van der Waals surface area contributed by atoms with E-state index >= 15 is 0 Å². The molecule has 0 amide bonds. The molecule has 0 spiro atoms. The lowest BCUT2D eigenvalue weighted by Gasteiger charge is -2.19. The first kappa shape index (κ1) is 16.0. The van der Waals surface area contributed by atoms with Gasteiger partial charge in [0.2, 0.25) is 5.95 Å². The van der Waals surface area contributed by atoms with E-state index in [0.29, 0.717) is 29.1 Å². The molecule has 0 aromatic carbocycles. The number of nitrogens with one attached hydrogen (secondary N) is 2. The van der Waals surface area contributed by atoms with Crippen LogP contribution in [0.15, 0.2) is 23.1 Å². The molecule has 1 aromatic heterocycles. The molecule has 2 fully saturated rings. The third kappa shape index (κ3) is 3.54. The Hall–Kier alpha value is -1.90. The zero-order valence-electron chi connectivity index (χ0n) is 12.7. The first-order valence-electron chi connectivity index (χ1n) is 7.34. The second-order valence-corrected chi connectivity index (χ2v) is 5.68. The summed E-state index contributed by atoms with van der Waals surface area (Å²) in [6, 6.07) is 0.0180. The first-order valence-corrected chi connectivity index (χ1v) is 7.72. The number of rotatable bonds is 5. The van der Waals surface area contributed by atoms with Crippen LogP contribution in [0.1, 0.15) is 6.42 Å². The monoisotopic (exact) mass is 338 g/mol. The van der Waals surface area contributed by atoms with Crippen LogP contribution < -0.4 is 16.4 Å². The third-order valence-electron chi connectivity index (χ3n) is 3.74. The van der Waals surface area contributed by atoms with Crippen LogP contribution in [-0.4, -0.2) is 54.7 Å². The molecule has 9 heteroatoms. The summed E-state index contributed by atoms with van der Waals surface area (Å²) in [6.45, 7) is 1.29. The topological polar surface area (TPSA) is 107 Å². The number of hydrogen-bond donors (Lipinski definition) is 3. The molecule has 4 N–H and O–H groups in total. The summed E-state index contributed by atoms with van der Waals surface area (Å²) < 4.78 is 11.4. The Labute approximate surface area is 139 Å². The molecule has 2 aliphatic rings. The van der Waals surface area contributed by atoms with Gasteiger partial charge in [0, 0.05) is 26.1 Å². The van der Waals surface area contributed by atoms with Crippen molar-refractivity contribution in [3.63, 3.8) is 0 Å². The minimum atomic E-state index is 0.0180. The van der Waals surface area contributed by atoms with E-state index in [-0.39, 0.29) is 18.2 Å². The van der Waals surface area contributed by atoms with Gasteiger partial charge in [-0.3, -0.25) is 4.99 Å². The van der Waals surface area contributed by atoms with Crippen molar-refractivity contribution in [2.75, 3.05) is 30.9 Å². The van der Waals surface area contributed by atoms with Crippen molar-refractivity contribution in [1.82, 2.24) is 9.97 Å². The van der Waals surface area contributed by atoms with Crippen LogP contribution in [0.5, 0.6) is 0 Å². The normalized spacial score (nSPS) is 27.4. The maximum Gasteiger partial charge on any atom is 0.229 e. The Morgan fingerprint density at radius 3 is 3.17 bits per heavy atom. The quantitative estimate of drug-likeness (QED) is 0.688. The Bertz CT molecular complexity index is 623. The highest BCUT2D eigenvalue weighted by molar-refractivity contribution is 6.32. The number of aromatic nitrogens is 2. The number of hydrogen-bond acceptors (Lipinski definition) is 8. The van der Waals surface area contributed by atoms with Crippen LogP contribution in [0.3, 0.4) is 0 Å². The maximum absolute atomic E-state index is 6.19. The van der Waals surface area contributed by atoms with Gasteiger partial charge in [-0.2, -0.15) is 4.98 Å². The molecular formula is C14H19ClN6O2. The maximum atomic E-state index is 6.19. The van der Waals surface area contributed by atoms with Crippen molar-refractivity contribution in [3.05, 3.63) is 23.1 Å². The third-order valence-corrected chi connectivity index (χ3v) is 4.01. The second-order valence-electron chi connectivity index (χ2n) is 5.27. The summed E-state index contributed by atoms with van der Waals surface area (Å²) in [6.07, 6.45) is 5.60.